The van der Waals surface area contributed by atoms with Crippen LogP contribution in [0.4, 0.5) is 10.2 Å². The molecule has 0 fully saturated rings. The van der Waals surface area contributed by atoms with E-state index in [2.05, 4.69) is 15.8 Å². The zero-order valence-electron chi connectivity index (χ0n) is 13.4. The monoisotopic (exact) mass is 321 g/mol. The number of carbonyl (C=O) groups is 1. The highest BCUT2D eigenvalue weighted by atomic mass is 19.1. The zero-order chi connectivity index (χ0) is 16.8. The number of carbonyl (C=O) groups excluding carboxylic acids is 1. The number of amides is 1. The van der Waals surface area contributed by atoms with Crippen LogP contribution in [0.25, 0.3) is 0 Å². The molecule has 0 unspecified atom stereocenters. The average molecular weight is 321 g/mol. The van der Waals surface area contributed by atoms with Gasteiger partial charge >= 0.3 is 0 Å². The van der Waals surface area contributed by atoms with E-state index in [1.54, 1.807) is 25.1 Å². The van der Waals surface area contributed by atoms with Crippen molar-refractivity contribution in [1.82, 2.24) is 10.5 Å². The van der Waals surface area contributed by atoms with E-state index in [9.17, 15) is 9.18 Å². The molecule has 1 atom stereocenters. The molecule has 23 heavy (non-hydrogen) atoms. The second kappa shape index (κ2) is 7.73. The predicted octanol–water partition coefficient (Wildman–Crippen LogP) is 2.81. The fraction of sp³-hybridized carbons (Fsp3) is 0.375. The van der Waals surface area contributed by atoms with E-state index in [-0.39, 0.29) is 24.1 Å². The maximum absolute atomic E-state index is 13.7. The lowest BCUT2D eigenvalue weighted by Crippen LogP contribution is -2.24. The van der Waals surface area contributed by atoms with E-state index < -0.39 is 5.82 Å². The number of nitrogens with zero attached hydrogens (tertiary/aromatic N) is 1. The van der Waals surface area contributed by atoms with E-state index in [4.69, 9.17) is 9.26 Å². The lowest BCUT2D eigenvalue weighted by Gasteiger charge is -2.15. The highest BCUT2D eigenvalue weighted by Crippen LogP contribution is 2.21. The molecule has 1 amide bonds. The zero-order valence-corrected chi connectivity index (χ0v) is 13.4. The molecule has 124 valence electrons. The van der Waals surface area contributed by atoms with Gasteiger partial charge in [-0.2, -0.15) is 0 Å². The van der Waals surface area contributed by atoms with Gasteiger partial charge in [0.2, 0.25) is 5.91 Å². The lowest BCUT2D eigenvalue weighted by molar-refractivity contribution is -0.116. The van der Waals surface area contributed by atoms with Crippen LogP contribution in [0.5, 0.6) is 5.75 Å². The topological polar surface area (TPSA) is 76.4 Å². The van der Waals surface area contributed by atoms with Crippen molar-refractivity contribution in [2.75, 3.05) is 19.0 Å². The van der Waals surface area contributed by atoms with Crippen LogP contribution < -0.4 is 15.4 Å². The quantitative estimate of drug-likeness (QED) is 0.820. The number of halogens is 1. The lowest BCUT2D eigenvalue weighted by atomic mass is 10.1. The Morgan fingerprint density at radius 1 is 1.43 bits per heavy atom. The molecule has 0 aliphatic heterocycles. The summed E-state index contributed by atoms with van der Waals surface area (Å²) in [5, 5.41) is 9.51. The number of anilines is 1. The maximum atomic E-state index is 13.7. The third kappa shape index (κ3) is 4.79. The van der Waals surface area contributed by atoms with Crippen molar-refractivity contribution in [2.45, 2.75) is 26.3 Å². The van der Waals surface area contributed by atoms with Crippen LogP contribution in [0, 0.1) is 12.7 Å². The van der Waals surface area contributed by atoms with Crippen molar-refractivity contribution in [3.63, 3.8) is 0 Å². The SMILES string of the molecule is COc1ccc([C@@H](C)NCCC(=O)Nc2cc(C)on2)cc1F. The summed E-state index contributed by atoms with van der Waals surface area (Å²) >= 11 is 0. The molecule has 0 saturated carbocycles. The molecule has 0 aliphatic rings. The molecular formula is C16H20FN3O3. The molecule has 1 aromatic carbocycles. The summed E-state index contributed by atoms with van der Waals surface area (Å²) in [6.45, 7) is 4.11. The molecule has 7 heteroatoms. The van der Waals surface area contributed by atoms with Gasteiger partial charge in [0.1, 0.15) is 5.76 Å². The average Bonchev–Trinajstić information content (AvgIpc) is 2.92. The maximum Gasteiger partial charge on any atom is 0.226 e. The first kappa shape index (κ1) is 17.0. The molecule has 0 radical (unpaired) electrons. The number of aryl methyl sites for hydroxylation is 1. The summed E-state index contributed by atoms with van der Waals surface area (Å²) < 4.78 is 23.4. The summed E-state index contributed by atoms with van der Waals surface area (Å²) in [6, 6.07) is 6.36. The van der Waals surface area contributed by atoms with Gasteiger partial charge in [-0.25, -0.2) is 4.39 Å². The second-order valence-corrected chi connectivity index (χ2v) is 5.19. The summed E-state index contributed by atoms with van der Waals surface area (Å²) in [5.74, 6) is 0.672. The summed E-state index contributed by atoms with van der Waals surface area (Å²) in [7, 11) is 1.43. The minimum absolute atomic E-state index is 0.0856. The van der Waals surface area contributed by atoms with Crippen molar-refractivity contribution >= 4 is 11.7 Å². The first-order valence-corrected chi connectivity index (χ1v) is 7.29. The van der Waals surface area contributed by atoms with E-state index >= 15 is 0 Å². The largest absolute Gasteiger partial charge is 0.494 e. The number of benzene rings is 1. The molecule has 6 nitrogen and oxygen atoms in total. The number of hydrogen-bond donors (Lipinski definition) is 2. The second-order valence-electron chi connectivity index (χ2n) is 5.19. The van der Waals surface area contributed by atoms with Gasteiger partial charge in [0.25, 0.3) is 0 Å². The van der Waals surface area contributed by atoms with Crippen LogP contribution in [0.1, 0.15) is 30.7 Å². The minimum Gasteiger partial charge on any atom is -0.494 e. The Hall–Kier alpha value is -2.41. The fourth-order valence-corrected chi connectivity index (χ4v) is 2.10. The Morgan fingerprint density at radius 3 is 2.83 bits per heavy atom. The van der Waals surface area contributed by atoms with Crippen molar-refractivity contribution in [3.8, 4) is 5.75 Å². The number of ether oxygens (including phenoxy) is 1. The molecule has 0 spiro atoms. The van der Waals surface area contributed by atoms with Crippen molar-refractivity contribution in [2.24, 2.45) is 0 Å². The van der Waals surface area contributed by atoms with Crippen molar-refractivity contribution in [3.05, 3.63) is 41.4 Å². The van der Waals surface area contributed by atoms with E-state index in [1.807, 2.05) is 6.92 Å². The van der Waals surface area contributed by atoms with Crippen LogP contribution >= 0.6 is 0 Å². The molecule has 0 saturated heterocycles. The van der Waals surface area contributed by atoms with Gasteiger partial charge in [0.05, 0.1) is 7.11 Å². The molecule has 0 bridgehead atoms. The molecule has 1 aromatic heterocycles. The molecule has 1 heterocycles. The van der Waals surface area contributed by atoms with Gasteiger partial charge < -0.3 is 19.9 Å². The molecular weight excluding hydrogens is 301 g/mol. The smallest absolute Gasteiger partial charge is 0.226 e. The van der Waals surface area contributed by atoms with Gasteiger partial charge in [-0.1, -0.05) is 11.2 Å². The van der Waals surface area contributed by atoms with Crippen LogP contribution in [0.3, 0.4) is 0 Å². The number of nitrogens with one attached hydrogen (secondary N) is 2. The predicted molar refractivity (Wildman–Crippen MR) is 83.9 cm³/mol. The molecule has 2 N–H and O–H groups in total. The van der Waals surface area contributed by atoms with Crippen LogP contribution in [0.2, 0.25) is 0 Å². The summed E-state index contributed by atoms with van der Waals surface area (Å²) in [4.78, 5) is 11.8. The van der Waals surface area contributed by atoms with Crippen LogP contribution in [-0.2, 0) is 4.79 Å². The Bertz CT molecular complexity index is 672. The Morgan fingerprint density at radius 2 is 2.22 bits per heavy atom. The normalized spacial score (nSPS) is 12.0. The number of hydrogen-bond acceptors (Lipinski definition) is 5. The van der Waals surface area contributed by atoms with Crippen molar-refractivity contribution < 1.29 is 18.4 Å². The van der Waals surface area contributed by atoms with Crippen LogP contribution in [-0.4, -0.2) is 24.7 Å². The molecule has 2 aromatic rings. The minimum atomic E-state index is -0.405. The number of rotatable bonds is 7. The Kier molecular flexibility index (Phi) is 5.70. The first-order chi connectivity index (χ1) is 11.0. The van der Waals surface area contributed by atoms with Crippen molar-refractivity contribution in [1.29, 1.82) is 0 Å². The highest BCUT2D eigenvalue weighted by Gasteiger charge is 2.11. The van der Waals surface area contributed by atoms with E-state index in [0.29, 0.717) is 18.1 Å². The van der Waals surface area contributed by atoms with Gasteiger partial charge in [0.15, 0.2) is 17.4 Å². The number of methoxy groups -OCH3 is 1. The third-order valence-electron chi connectivity index (χ3n) is 3.37. The summed E-state index contributed by atoms with van der Waals surface area (Å²) in [5.41, 5.74) is 0.788. The highest BCUT2D eigenvalue weighted by molar-refractivity contribution is 5.89. The molecule has 0 aliphatic carbocycles. The number of aromatic nitrogens is 1. The van der Waals surface area contributed by atoms with Gasteiger partial charge in [0, 0.05) is 25.1 Å². The summed E-state index contributed by atoms with van der Waals surface area (Å²) in [6.07, 6.45) is 0.273. The van der Waals surface area contributed by atoms with E-state index in [1.165, 1.54) is 13.2 Å². The van der Waals surface area contributed by atoms with Crippen LogP contribution in [0.15, 0.2) is 28.8 Å². The molecule has 2 rings (SSSR count). The van der Waals surface area contributed by atoms with Gasteiger partial charge in [-0.3, -0.25) is 4.79 Å². The third-order valence-corrected chi connectivity index (χ3v) is 3.37. The fourth-order valence-electron chi connectivity index (χ4n) is 2.10. The van der Waals surface area contributed by atoms with Gasteiger partial charge in [-0.05, 0) is 31.5 Å². The van der Waals surface area contributed by atoms with E-state index in [0.717, 1.165) is 5.56 Å². The Labute approximate surface area is 134 Å². The Balaban J connectivity index is 1.79. The van der Waals surface area contributed by atoms with Gasteiger partial charge in [-0.15, -0.1) is 0 Å². The first-order valence-electron chi connectivity index (χ1n) is 7.29. The standard InChI is InChI=1S/C16H20FN3O3/c1-10-8-15(20-23-10)19-16(21)6-7-18-11(2)12-4-5-14(22-3)13(17)9-12/h4-5,8-9,11,18H,6-7H2,1-3H3,(H,19,20,21)/t11-/m1/s1.